The molecule has 0 radical (unpaired) electrons. The van der Waals surface area contributed by atoms with Crippen LogP contribution in [0, 0.1) is 17.6 Å². The van der Waals surface area contributed by atoms with Gasteiger partial charge in [-0.15, -0.1) is 0 Å². The van der Waals surface area contributed by atoms with E-state index in [-0.39, 0.29) is 17.4 Å². The lowest BCUT2D eigenvalue weighted by Gasteiger charge is -2.43. The Bertz CT molecular complexity index is 891. The topological polar surface area (TPSA) is 58.3 Å². The Hall–Kier alpha value is -1.82. The minimum absolute atomic E-state index is 0.0551. The van der Waals surface area contributed by atoms with Crippen molar-refractivity contribution >= 4 is 0 Å². The molecule has 0 heterocycles. The number of halogens is 2. The second kappa shape index (κ2) is 9.98. The first-order valence-corrected chi connectivity index (χ1v) is 11.7. The van der Waals surface area contributed by atoms with Gasteiger partial charge in [-0.2, -0.15) is 0 Å². The van der Waals surface area contributed by atoms with Crippen molar-refractivity contribution in [3.8, 4) is 0 Å². The first-order chi connectivity index (χ1) is 15.0. The first-order valence-electron chi connectivity index (χ1n) is 11.7. The van der Waals surface area contributed by atoms with E-state index >= 15 is 0 Å². The number of hydrogen-bond donors (Lipinski definition) is 3. The fourth-order valence-electron chi connectivity index (χ4n) is 4.95. The quantitative estimate of drug-likeness (QED) is 0.551. The van der Waals surface area contributed by atoms with E-state index in [9.17, 15) is 13.9 Å². The Morgan fingerprint density at radius 3 is 2.47 bits per heavy atom. The predicted octanol–water partition coefficient (Wildman–Crippen LogP) is 5.19. The van der Waals surface area contributed by atoms with Crippen LogP contribution in [0.1, 0.15) is 70.1 Å². The molecule has 4 unspecified atom stereocenters. The number of hydrogen-bond acceptors (Lipinski definition) is 3. The molecule has 3 nitrogen and oxygen atoms in total. The van der Waals surface area contributed by atoms with Gasteiger partial charge in [0.25, 0.3) is 0 Å². The van der Waals surface area contributed by atoms with Gasteiger partial charge in [0.1, 0.15) is 11.6 Å². The molecule has 5 heteroatoms. The highest BCUT2D eigenvalue weighted by atomic mass is 19.1. The van der Waals surface area contributed by atoms with Gasteiger partial charge in [0.05, 0.1) is 6.10 Å². The van der Waals surface area contributed by atoms with E-state index in [1.165, 1.54) is 29.7 Å². The van der Waals surface area contributed by atoms with Crippen molar-refractivity contribution in [2.45, 2.75) is 82.9 Å². The largest absolute Gasteiger partial charge is 0.390 e. The minimum atomic E-state index is -0.832. The lowest BCUT2D eigenvalue weighted by Crippen LogP contribution is -2.52. The molecule has 32 heavy (non-hydrogen) atoms. The van der Waals surface area contributed by atoms with E-state index in [2.05, 4.69) is 57.3 Å². The molecule has 4 N–H and O–H groups in total. The average molecular weight is 445 g/mol. The van der Waals surface area contributed by atoms with Crippen LogP contribution in [0.15, 0.2) is 42.5 Å². The van der Waals surface area contributed by atoms with Gasteiger partial charge in [0.2, 0.25) is 0 Å². The molecule has 1 aliphatic rings. The molecule has 4 atom stereocenters. The molecule has 0 saturated heterocycles. The number of nitrogens with one attached hydrogen (secondary N) is 1. The number of aliphatic hydroxyl groups excluding tert-OH is 1. The summed E-state index contributed by atoms with van der Waals surface area (Å²) in [5.41, 5.74) is 9.06. The second-order valence-electron chi connectivity index (χ2n) is 10.7. The molecule has 0 amide bonds. The van der Waals surface area contributed by atoms with Crippen LogP contribution in [-0.4, -0.2) is 23.8 Å². The summed E-state index contributed by atoms with van der Waals surface area (Å²) in [6, 6.07) is 11.5. The summed E-state index contributed by atoms with van der Waals surface area (Å²) in [6.07, 6.45) is 3.70. The van der Waals surface area contributed by atoms with Gasteiger partial charge in [-0.1, -0.05) is 64.8 Å². The molecule has 1 aliphatic carbocycles. The van der Waals surface area contributed by atoms with Crippen molar-refractivity contribution < 1.29 is 13.9 Å². The normalized spacial score (nSPS) is 23.7. The summed E-state index contributed by atoms with van der Waals surface area (Å²) in [4.78, 5) is 0. The molecule has 3 rings (SSSR count). The fraction of sp³-hybridized carbons (Fsp3) is 0.556. The van der Waals surface area contributed by atoms with Crippen LogP contribution in [0.2, 0.25) is 0 Å². The Morgan fingerprint density at radius 1 is 1.16 bits per heavy atom. The molecule has 1 fully saturated rings. The zero-order chi connectivity index (χ0) is 23.5. The van der Waals surface area contributed by atoms with Crippen LogP contribution in [0.25, 0.3) is 0 Å². The lowest BCUT2D eigenvalue weighted by atomic mass is 9.71. The standard InChI is InChI=1S/C27H38F2N2O/c1-18-7-6-10-27(16-18,21-9-5-8-20(14-21)26(2,3)4)31-17-25(32)24(30)13-19-11-22(28)15-23(29)12-19/h5,8-9,11-12,14-15,18,24-25,31-32H,6-7,10,13,16-17,30H2,1-4H3. The Kier molecular flexibility index (Phi) is 7.74. The van der Waals surface area contributed by atoms with Crippen LogP contribution in [0.4, 0.5) is 8.78 Å². The molecule has 0 bridgehead atoms. The van der Waals surface area contributed by atoms with Crippen LogP contribution in [0.5, 0.6) is 0 Å². The SMILES string of the molecule is CC1CCCC(NCC(O)C(N)Cc2cc(F)cc(F)c2)(c2cccc(C(C)(C)C)c2)C1. The van der Waals surface area contributed by atoms with Crippen molar-refractivity contribution in [2.24, 2.45) is 11.7 Å². The van der Waals surface area contributed by atoms with Crippen LogP contribution < -0.4 is 11.1 Å². The van der Waals surface area contributed by atoms with E-state index < -0.39 is 23.8 Å². The van der Waals surface area contributed by atoms with Gasteiger partial charge in [-0.05, 0) is 59.4 Å². The highest BCUT2D eigenvalue weighted by Gasteiger charge is 2.37. The maximum atomic E-state index is 13.5. The van der Waals surface area contributed by atoms with E-state index in [1.807, 2.05) is 0 Å². The van der Waals surface area contributed by atoms with E-state index in [4.69, 9.17) is 5.73 Å². The molecule has 0 aliphatic heterocycles. The summed E-state index contributed by atoms with van der Waals surface area (Å²) >= 11 is 0. The highest BCUT2D eigenvalue weighted by Crippen LogP contribution is 2.41. The summed E-state index contributed by atoms with van der Waals surface area (Å²) in [5.74, 6) is -0.682. The maximum absolute atomic E-state index is 13.5. The zero-order valence-electron chi connectivity index (χ0n) is 19.8. The fourth-order valence-corrected chi connectivity index (χ4v) is 4.95. The van der Waals surface area contributed by atoms with Crippen molar-refractivity contribution in [3.63, 3.8) is 0 Å². The van der Waals surface area contributed by atoms with Crippen LogP contribution >= 0.6 is 0 Å². The van der Waals surface area contributed by atoms with Crippen molar-refractivity contribution in [2.75, 3.05) is 6.54 Å². The third kappa shape index (κ3) is 6.15. The van der Waals surface area contributed by atoms with Crippen LogP contribution in [-0.2, 0) is 17.4 Å². The van der Waals surface area contributed by atoms with E-state index in [0.717, 1.165) is 25.3 Å². The third-order valence-corrected chi connectivity index (χ3v) is 6.82. The van der Waals surface area contributed by atoms with E-state index in [0.29, 0.717) is 18.0 Å². The molecule has 2 aromatic rings. The molecular weight excluding hydrogens is 406 g/mol. The summed E-state index contributed by atoms with van der Waals surface area (Å²) in [5, 5.41) is 14.5. The number of rotatable bonds is 7. The average Bonchev–Trinajstić information content (AvgIpc) is 2.70. The number of aliphatic hydroxyl groups is 1. The predicted molar refractivity (Wildman–Crippen MR) is 126 cm³/mol. The maximum Gasteiger partial charge on any atom is 0.126 e. The highest BCUT2D eigenvalue weighted by molar-refractivity contribution is 5.34. The first kappa shape index (κ1) is 24.8. The molecule has 0 spiro atoms. The summed E-state index contributed by atoms with van der Waals surface area (Å²) < 4.78 is 27.0. The van der Waals surface area contributed by atoms with Crippen molar-refractivity contribution in [3.05, 3.63) is 70.8 Å². The Morgan fingerprint density at radius 2 is 1.84 bits per heavy atom. The zero-order valence-corrected chi connectivity index (χ0v) is 19.8. The van der Waals surface area contributed by atoms with Gasteiger partial charge in [-0.25, -0.2) is 8.78 Å². The third-order valence-electron chi connectivity index (χ3n) is 6.82. The van der Waals surface area contributed by atoms with Gasteiger partial charge < -0.3 is 16.2 Å². The molecule has 176 valence electrons. The molecular formula is C27H38F2N2O. The van der Waals surface area contributed by atoms with E-state index in [1.54, 1.807) is 0 Å². The molecule has 2 aromatic carbocycles. The van der Waals surface area contributed by atoms with Crippen molar-refractivity contribution in [1.82, 2.24) is 5.32 Å². The van der Waals surface area contributed by atoms with Gasteiger partial charge in [0.15, 0.2) is 0 Å². The monoisotopic (exact) mass is 444 g/mol. The van der Waals surface area contributed by atoms with Crippen LogP contribution in [0.3, 0.4) is 0 Å². The number of nitrogens with two attached hydrogens (primary N) is 1. The van der Waals surface area contributed by atoms with Gasteiger partial charge >= 0.3 is 0 Å². The molecule has 1 saturated carbocycles. The second-order valence-corrected chi connectivity index (χ2v) is 10.7. The van der Waals surface area contributed by atoms with Gasteiger partial charge in [-0.3, -0.25) is 0 Å². The minimum Gasteiger partial charge on any atom is -0.390 e. The lowest BCUT2D eigenvalue weighted by molar-refractivity contribution is 0.108. The van der Waals surface area contributed by atoms with Crippen molar-refractivity contribution in [1.29, 1.82) is 0 Å². The Labute approximate surface area is 191 Å². The molecule has 0 aromatic heterocycles. The number of benzene rings is 2. The summed E-state index contributed by atoms with van der Waals surface area (Å²) in [7, 11) is 0. The summed E-state index contributed by atoms with van der Waals surface area (Å²) in [6.45, 7) is 9.25. The van der Waals surface area contributed by atoms with Gasteiger partial charge in [0, 0.05) is 24.2 Å². The Balaban J connectivity index is 1.76. The smallest absolute Gasteiger partial charge is 0.126 e.